The van der Waals surface area contributed by atoms with Gasteiger partial charge >= 0.3 is 0 Å². The van der Waals surface area contributed by atoms with E-state index in [4.69, 9.17) is 9.47 Å². The molecule has 0 aliphatic carbocycles. The molecule has 1 heterocycles. The summed E-state index contributed by atoms with van der Waals surface area (Å²) in [4.78, 5) is 12.4. The van der Waals surface area contributed by atoms with Gasteiger partial charge in [-0.05, 0) is 0 Å². The first kappa shape index (κ1) is 10.6. The monoisotopic (exact) mass is 187 g/mol. The first-order valence-corrected chi connectivity index (χ1v) is 4.52. The molecule has 4 heteroatoms. The van der Waals surface area contributed by atoms with E-state index >= 15 is 0 Å². The third-order valence-corrected chi connectivity index (χ3v) is 2.69. The minimum Gasteiger partial charge on any atom is -0.353 e. The molecule has 4 nitrogen and oxygen atoms in total. The molecule has 0 aromatic rings. The Bertz CT molecular complexity index is 158. The predicted molar refractivity (Wildman–Crippen MR) is 48.5 cm³/mol. The Morgan fingerprint density at radius 1 is 1.31 bits per heavy atom. The Labute approximate surface area is 78.8 Å². The van der Waals surface area contributed by atoms with Gasteiger partial charge < -0.3 is 14.3 Å². The second-order valence-electron chi connectivity index (χ2n) is 3.29. The van der Waals surface area contributed by atoms with Crippen LogP contribution in [0.5, 0.6) is 0 Å². The molecule has 1 fully saturated rings. The van der Waals surface area contributed by atoms with Gasteiger partial charge in [-0.15, -0.1) is 0 Å². The molecule has 0 spiro atoms. The fourth-order valence-electron chi connectivity index (χ4n) is 1.67. The van der Waals surface area contributed by atoms with Crippen molar-refractivity contribution in [1.82, 2.24) is 4.90 Å². The molecule has 1 aliphatic rings. The van der Waals surface area contributed by atoms with Gasteiger partial charge in [-0.1, -0.05) is 0 Å². The molecule has 0 amide bonds. The van der Waals surface area contributed by atoms with Crippen LogP contribution < -0.4 is 0 Å². The molecule has 0 saturated carbocycles. The largest absolute Gasteiger partial charge is 0.353 e. The van der Waals surface area contributed by atoms with Crippen molar-refractivity contribution < 1.29 is 14.3 Å². The van der Waals surface area contributed by atoms with Gasteiger partial charge in [-0.3, -0.25) is 4.90 Å². The molecule has 1 rings (SSSR count). The zero-order valence-electron chi connectivity index (χ0n) is 8.28. The van der Waals surface area contributed by atoms with Crippen LogP contribution in [-0.2, 0) is 14.3 Å². The van der Waals surface area contributed by atoms with Crippen molar-refractivity contribution in [3.63, 3.8) is 0 Å². The molecule has 0 radical (unpaired) electrons. The van der Waals surface area contributed by atoms with Gasteiger partial charge in [0.25, 0.3) is 0 Å². The lowest BCUT2D eigenvalue weighted by atomic mass is 10.0. The number of nitrogens with zero attached hydrogens (tertiary/aromatic N) is 1. The Kier molecular flexibility index (Phi) is 3.84. The first-order valence-electron chi connectivity index (χ1n) is 4.52. The Hall–Kier alpha value is -0.450. The van der Waals surface area contributed by atoms with E-state index in [9.17, 15) is 4.79 Å². The second kappa shape index (κ2) is 4.69. The molecular formula is C9H17NO3. The van der Waals surface area contributed by atoms with Crippen molar-refractivity contribution in [1.29, 1.82) is 0 Å². The Morgan fingerprint density at radius 3 is 2.23 bits per heavy atom. The van der Waals surface area contributed by atoms with Crippen LogP contribution in [0.4, 0.5) is 0 Å². The van der Waals surface area contributed by atoms with Crippen molar-refractivity contribution in [2.45, 2.75) is 18.6 Å². The summed E-state index contributed by atoms with van der Waals surface area (Å²) in [7, 11) is 3.33. The minimum absolute atomic E-state index is 0.417. The van der Waals surface area contributed by atoms with Gasteiger partial charge in [0.2, 0.25) is 0 Å². The number of methoxy groups -OCH3 is 2. The zero-order chi connectivity index (χ0) is 9.73. The molecule has 0 atom stereocenters. The van der Waals surface area contributed by atoms with Crippen LogP contribution >= 0.6 is 0 Å². The molecule has 0 aromatic heterocycles. The van der Waals surface area contributed by atoms with Crippen LogP contribution in [0.3, 0.4) is 0 Å². The van der Waals surface area contributed by atoms with Gasteiger partial charge in [0.1, 0.15) is 6.29 Å². The second-order valence-corrected chi connectivity index (χ2v) is 3.29. The maximum atomic E-state index is 10.3. The van der Waals surface area contributed by atoms with Crippen LogP contribution in [0.15, 0.2) is 0 Å². The van der Waals surface area contributed by atoms with E-state index in [1.807, 2.05) is 0 Å². The van der Waals surface area contributed by atoms with Gasteiger partial charge in [-0.25, -0.2) is 0 Å². The van der Waals surface area contributed by atoms with Crippen LogP contribution in [-0.4, -0.2) is 50.8 Å². The molecule has 0 bridgehead atoms. The number of hydrogen-bond donors (Lipinski definition) is 0. The van der Waals surface area contributed by atoms with E-state index in [0.29, 0.717) is 6.54 Å². The van der Waals surface area contributed by atoms with E-state index in [-0.39, 0.29) is 0 Å². The lowest BCUT2D eigenvalue weighted by Gasteiger charge is -2.38. The molecule has 0 unspecified atom stereocenters. The van der Waals surface area contributed by atoms with Crippen LogP contribution in [0.25, 0.3) is 0 Å². The number of hydrogen-bond acceptors (Lipinski definition) is 4. The van der Waals surface area contributed by atoms with E-state index in [1.54, 1.807) is 14.2 Å². The summed E-state index contributed by atoms with van der Waals surface area (Å²) in [6.45, 7) is 2.24. The SMILES string of the molecule is COC1(OC)CCN(CC=O)CC1. The van der Waals surface area contributed by atoms with Gasteiger partial charge in [0.15, 0.2) is 5.79 Å². The summed E-state index contributed by atoms with van der Waals surface area (Å²) in [6.07, 6.45) is 2.59. The number of rotatable bonds is 4. The number of likely N-dealkylation sites (tertiary alicyclic amines) is 1. The molecule has 1 saturated heterocycles. The minimum atomic E-state index is -0.417. The summed E-state index contributed by atoms with van der Waals surface area (Å²) >= 11 is 0. The fraction of sp³-hybridized carbons (Fsp3) is 0.889. The van der Waals surface area contributed by atoms with Crippen molar-refractivity contribution >= 4 is 6.29 Å². The molecular weight excluding hydrogens is 170 g/mol. The van der Waals surface area contributed by atoms with E-state index in [0.717, 1.165) is 32.2 Å². The maximum Gasteiger partial charge on any atom is 0.169 e. The standard InChI is InChI=1S/C9H17NO3/c1-12-9(13-2)3-5-10(6-4-9)7-8-11/h8H,3-7H2,1-2H3. The van der Waals surface area contributed by atoms with Gasteiger partial charge in [0.05, 0.1) is 6.54 Å². The first-order chi connectivity index (χ1) is 6.26. The van der Waals surface area contributed by atoms with E-state index < -0.39 is 5.79 Å². The quantitative estimate of drug-likeness (QED) is 0.468. The van der Waals surface area contributed by atoms with Gasteiger partial charge in [-0.2, -0.15) is 0 Å². The fourth-order valence-corrected chi connectivity index (χ4v) is 1.67. The van der Waals surface area contributed by atoms with E-state index in [2.05, 4.69) is 4.90 Å². The third-order valence-electron chi connectivity index (χ3n) is 2.69. The number of carbonyl (C=O) groups excluding carboxylic acids is 1. The third kappa shape index (κ3) is 2.49. The molecule has 1 aliphatic heterocycles. The van der Waals surface area contributed by atoms with E-state index in [1.165, 1.54) is 0 Å². The highest BCUT2D eigenvalue weighted by atomic mass is 16.7. The predicted octanol–water partition coefficient (Wildman–Crippen LogP) is 0.270. The maximum absolute atomic E-state index is 10.3. The summed E-state index contributed by atoms with van der Waals surface area (Å²) in [5, 5.41) is 0. The average molecular weight is 187 g/mol. The Balaban J connectivity index is 2.40. The number of ether oxygens (including phenoxy) is 2. The smallest absolute Gasteiger partial charge is 0.169 e. The highest BCUT2D eigenvalue weighted by Gasteiger charge is 2.34. The summed E-state index contributed by atoms with van der Waals surface area (Å²) < 4.78 is 10.6. The number of carbonyl (C=O) groups is 1. The highest BCUT2D eigenvalue weighted by Crippen LogP contribution is 2.25. The molecule has 0 N–H and O–H groups in total. The summed E-state index contributed by atoms with van der Waals surface area (Å²) in [5.74, 6) is -0.417. The number of piperidine rings is 1. The van der Waals surface area contributed by atoms with Crippen LogP contribution in [0, 0.1) is 0 Å². The summed E-state index contributed by atoms with van der Waals surface area (Å²) in [6, 6.07) is 0. The topological polar surface area (TPSA) is 38.8 Å². The lowest BCUT2D eigenvalue weighted by molar-refractivity contribution is -0.228. The van der Waals surface area contributed by atoms with Crippen molar-refractivity contribution in [2.24, 2.45) is 0 Å². The molecule has 0 aromatic carbocycles. The Morgan fingerprint density at radius 2 is 1.85 bits per heavy atom. The van der Waals surface area contributed by atoms with Crippen LogP contribution in [0.1, 0.15) is 12.8 Å². The van der Waals surface area contributed by atoms with Crippen molar-refractivity contribution in [3.8, 4) is 0 Å². The zero-order valence-corrected chi connectivity index (χ0v) is 8.28. The van der Waals surface area contributed by atoms with Crippen LogP contribution in [0.2, 0.25) is 0 Å². The van der Waals surface area contributed by atoms with Gasteiger partial charge in [0, 0.05) is 40.2 Å². The highest BCUT2D eigenvalue weighted by molar-refractivity contribution is 5.51. The molecule has 76 valence electrons. The number of aldehydes is 1. The van der Waals surface area contributed by atoms with Crippen molar-refractivity contribution in [2.75, 3.05) is 33.9 Å². The normalized spacial score (nSPS) is 22.9. The lowest BCUT2D eigenvalue weighted by Crippen LogP contribution is -2.47. The van der Waals surface area contributed by atoms with Crippen molar-refractivity contribution in [3.05, 3.63) is 0 Å². The average Bonchev–Trinajstić information content (AvgIpc) is 2.20. The summed E-state index contributed by atoms with van der Waals surface area (Å²) in [5.41, 5.74) is 0. The molecule has 13 heavy (non-hydrogen) atoms.